The molecule has 0 bridgehead atoms. The molecule has 1 heterocycles. The lowest BCUT2D eigenvalue weighted by Crippen LogP contribution is -2.10. The van der Waals surface area contributed by atoms with Crippen molar-refractivity contribution in [3.8, 4) is 10.4 Å². The molecule has 0 aliphatic rings. The molecule has 0 saturated carbocycles. The number of ether oxygens (including phenoxy) is 1. The summed E-state index contributed by atoms with van der Waals surface area (Å²) >= 11 is 1.75. The molecule has 0 atom stereocenters. The molecule has 5 rings (SSSR count). The number of nitrogens with zero attached hydrogens (tertiary/aromatic N) is 1. The Hall–Kier alpha value is -3.89. The minimum Gasteiger partial charge on any atom is -0.469 e. The van der Waals surface area contributed by atoms with Gasteiger partial charge in [-0.25, -0.2) is 0 Å². The largest absolute Gasteiger partial charge is 0.469 e. The normalized spacial score (nSPS) is 10.9. The predicted octanol–water partition coefficient (Wildman–Crippen LogP) is 8.14. The summed E-state index contributed by atoms with van der Waals surface area (Å²) in [5.41, 5.74) is 5.63. The molecule has 0 aliphatic carbocycles. The van der Waals surface area contributed by atoms with Gasteiger partial charge in [0, 0.05) is 28.1 Å². The highest BCUT2D eigenvalue weighted by molar-refractivity contribution is 7.13. The quantitative estimate of drug-likeness (QED) is 0.228. The van der Waals surface area contributed by atoms with E-state index in [1.165, 1.54) is 28.3 Å². The molecule has 34 heavy (non-hydrogen) atoms. The second kappa shape index (κ2) is 9.94. The summed E-state index contributed by atoms with van der Waals surface area (Å²) in [5, 5.41) is 4.50. The third-order valence-corrected chi connectivity index (χ3v) is 6.90. The van der Waals surface area contributed by atoms with Gasteiger partial charge in [0.2, 0.25) is 0 Å². The molecule has 4 aromatic carbocycles. The van der Waals surface area contributed by atoms with Crippen molar-refractivity contribution in [1.29, 1.82) is 0 Å². The van der Waals surface area contributed by atoms with Crippen molar-refractivity contribution >= 4 is 45.1 Å². The van der Waals surface area contributed by atoms with E-state index in [4.69, 9.17) is 4.74 Å². The van der Waals surface area contributed by atoms with Crippen LogP contribution >= 0.6 is 11.3 Å². The fourth-order valence-electron chi connectivity index (χ4n) is 4.21. The molecule has 3 nitrogen and oxygen atoms in total. The van der Waals surface area contributed by atoms with Crippen LogP contribution in [0.15, 0.2) is 109 Å². The number of esters is 1. The summed E-state index contributed by atoms with van der Waals surface area (Å²) in [5.74, 6) is -0.188. The number of anilines is 3. The summed E-state index contributed by atoms with van der Waals surface area (Å²) in [4.78, 5) is 15.1. The summed E-state index contributed by atoms with van der Waals surface area (Å²) in [6, 6.07) is 36.3. The van der Waals surface area contributed by atoms with Crippen molar-refractivity contribution in [2.45, 2.75) is 12.8 Å². The minimum atomic E-state index is -0.188. The Morgan fingerprint density at radius 2 is 1.50 bits per heavy atom. The van der Waals surface area contributed by atoms with Crippen molar-refractivity contribution in [3.05, 3.63) is 114 Å². The number of hydrogen-bond acceptors (Lipinski definition) is 4. The van der Waals surface area contributed by atoms with Crippen LogP contribution in [-0.2, 0) is 16.0 Å². The number of benzene rings is 4. The number of aryl methyl sites for hydroxylation is 1. The first-order valence-corrected chi connectivity index (χ1v) is 12.2. The summed E-state index contributed by atoms with van der Waals surface area (Å²) in [6.07, 6.45) is 1.05. The third kappa shape index (κ3) is 4.59. The first kappa shape index (κ1) is 21.9. The zero-order valence-corrected chi connectivity index (χ0v) is 19.8. The van der Waals surface area contributed by atoms with Crippen LogP contribution in [0.5, 0.6) is 0 Å². The number of carbonyl (C=O) groups is 1. The minimum absolute atomic E-state index is 0.188. The molecule has 168 valence electrons. The van der Waals surface area contributed by atoms with Crippen LogP contribution in [-0.4, -0.2) is 13.1 Å². The number of fused-ring (bicyclic) bond motifs is 1. The summed E-state index contributed by atoms with van der Waals surface area (Å²) in [7, 11) is 1.43. The van der Waals surface area contributed by atoms with Crippen LogP contribution in [0.25, 0.3) is 21.2 Å². The van der Waals surface area contributed by atoms with E-state index in [1.807, 2.05) is 0 Å². The highest BCUT2D eigenvalue weighted by atomic mass is 32.1. The zero-order chi connectivity index (χ0) is 23.3. The predicted molar refractivity (Wildman–Crippen MR) is 142 cm³/mol. The maximum Gasteiger partial charge on any atom is 0.305 e. The highest BCUT2D eigenvalue weighted by Crippen LogP contribution is 2.39. The standard InChI is InChI=1S/C30H25NO2S/c1-33-30(32)20-13-22-11-16-25(17-12-22)31(28-9-4-7-23-6-2-3-8-27(23)28)26-18-14-24(15-19-26)29-10-5-21-34-29/h2-12,14-19,21H,13,20H2,1H3. The van der Waals surface area contributed by atoms with Crippen LogP contribution in [0.4, 0.5) is 17.1 Å². The molecule has 0 spiro atoms. The SMILES string of the molecule is COC(=O)CCc1ccc(N(c2ccc(-c3cccs3)cc2)c2cccc3ccccc23)cc1. The van der Waals surface area contributed by atoms with Crippen LogP contribution in [0, 0.1) is 0 Å². The number of carbonyl (C=O) groups excluding carboxylic acids is 1. The summed E-state index contributed by atoms with van der Waals surface area (Å²) < 4.78 is 4.78. The van der Waals surface area contributed by atoms with E-state index >= 15 is 0 Å². The van der Waals surface area contributed by atoms with Gasteiger partial charge in [-0.2, -0.15) is 0 Å². The molecule has 0 unspecified atom stereocenters. The van der Waals surface area contributed by atoms with Gasteiger partial charge in [-0.15, -0.1) is 11.3 Å². The smallest absolute Gasteiger partial charge is 0.305 e. The van der Waals surface area contributed by atoms with Gasteiger partial charge in [0.05, 0.1) is 12.8 Å². The average Bonchev–Trinajstić information content (AvgIpc) is 3.44. The number of thiophene rings is 1. The van der Waals surface area contributed by atoms with E-state index in [1.54, 1.807) is 11.3 Å². The van der Waals surface area contributed by atoms with Gasteiger partial charge in [0.25, 0.3) is 0 Å². The summed E-state index contributed by atoms with van der Waals surface area (Å²) in [6.45, 7) is 0. The van der Waals surface area contributed by atoms with E-state index in [9.17, 15) is 4.79 Å². The van der Waals surface area contributed by atoms with Crippen molar-refractivity contribution in [3.63, 3.8) is 0 Å². The maximum atomic E-state index is 11.5. The Kier molecular flexibility index (Phi) is 6.41. The molecule has 4 heteroatoms. The van der Waals surface area contributed by atoms with E-state index in [0.717, 1.165) is 22.6 Å². The number of rotatable bonds is 7. The number of hydrogen-bond donors (Lipinski definition) is 0. The molecule has 0 aliphatic heterocycles. The molecule has 0 saturated heterocycles. The molecule has 5 aromatic rings. The van der Waals surface area contributed by atoms with Gasteiger partial charge in [0.15, 0.2) is 0 Å². The molecular formula is C30H25NO2S. The Morgan fingerprint density at radius 3 is 2.21 bits per heavy atom. The van der Waals surface area contributed by atoms with Gasteiger partial charge in [0.1, 0.15) is 0 Å². The lowest BCUT2D eigenvalue weighted by molar-refractivity contribution is -0.140. The van der Waals surface area contributed by atoms with Gasteiger partial charge >= 0.3 is 5.97 Å². The van der Waals surface area contributed by atoms with Gasteiger partial charge in [-0.05, 0) is 64.7 Å². The molecular weight excluding hydrogens is 438 g/mol. The Bertz CT molecular complexity index is 1390. The monoisotopic (exact) mass is 463 g/mol. The third-order valence-electron chi connectivity index (χ3n) is 5.98. The first-order chi connectivity index (χ1) is 16.7. The zero-order valence-electron chi connectivity index (χ0n) is 19.0. The Morgan fingerprint density at radius 1 is 0.794 bits per heavy atom. The van der Waals surface area contributed by atoms with Crippen LogP contribution < -0.4 is 4.90 Å². The second-order valence-electron chi connectivity index (χ2n) is 8.10. The van der Waals surface area contributed by atoms with Crippen LogP contribution in [0.2, 0.25) is 0 Å². The van der Waals surface area contributed by atoms with E-state index in [-0.39, 0.29) is 5.97 Å². The average molecular weight is 464 g/mol. The fourth-order valence-corrected chi connectivity index (χ4v) is 4.94. The van der Waals surface area contributed by atoms with Crippen molar-refractivity contribution in [2.24, 2.45) is 0 Å². The van der Waals surface area contributed by atoms with Crippen molar-refractivity contribution in [2.75, 3.05) is 12.0 Å². The van der Waals surface area contributed by atoms with Crippen LogP contribution in [0.1, 0.15) is 12.0 Å². The molecule has 0 radical (unpaired) electrons. The Balaban J connectivity index is 1.56. The van der Waals surface area contributed by atoms with Crippen molar-refractivity contribution < 1.29 is 9.53 Å². The highest BCUT2D eigenvalue weighted by Gasteiger charge is 2.15. The van der Waals surface area contributed by atoms with Gasteiger partial charge in [-0.1, -0.05) is 66.7 Å². The van der Waals surface area contributed by atoms with Crippen LogP contribution in [0.3, 0.4) is 0 Å². The first-order valence-electron chi connectivity index (χ1n) is 11.3. The molecule has 1 aromatic heterocycles. The molecule has 0 N–H and O–H groups in total. The van der Waals surface area contributed by atoms with Crippen molar-refractivity contribution in [1.82, 2.24) is 0 Å². The second-order valence-corrected chi connectivity index (χ2v) is 9.05. The molecule has 0 fully saturated rings. The number of methoxy groups -OCH3 is 1. The van der Waals surface area contributed by atoms with E-state index in [2.05, 4.69) is 113 Å². The fraction of sp³-hybridized carbons (Fsp3) is 0.100. The van der Waals surface area contributed by atoms with E-state index < -0.39 is 0 Å². The Labute approximate surface area is 203 Å². The van der Waals surface area contributed by atoms with Gasteiger partial charge < -0.3 is 9.64 Å². The van der Waals surface area contributed by atoms with E-state index in [0.29, 0.717) is 12.8 Å². The maximum absolute atomic E-state index is 11.5. The van der Waals surface area contributed by atoms with Gasteiger partial charge in [-0.3, -0.25) is 4.79 Å². The lowest BCUT2D eigenvalue weighted by atomic mass is 10.0. The lowest BCUT2D eigenvalue weighted by Gasteiger charge is -2.27. The molecule has 0 amide bonds. The topological polar surface area (TPSA) is 29.5 Å².